The van der Waals surface area contributed by atoms with Gasteiger partial charge in [-0.15, -0.1) is 0 Å². The summed E-state index contributed by atoms with van der Waals surface area (Å²) >= 11 is 0. The van der Waals surface area contributed by atoms with Crippen LogP contribution in [0.15, 0.2) is 23.1 Å². The van der Waals surface area contributed by atoms with Crippen LogP contribution in [0.5, 0.6) is 0 Å². The van der Waals surface area contributed by atoms with Crippen molar-refractivity contribution < 1.29 is 13.2 Å². The van der Waals surface area contributed by atoms with Crippen molar-refractivity contribution in [1.82, 2.24) is 10.0 Å². The van der Waals surface area contributed by atoms with E-state index in [1.165, 1.54) is 18.9 Å². The van der Waals surface area contributed by atoms with Crippen LogP contribution in [0.3, 0.4) is 0 Å². The molecule has 0 aliphatic heterocycles. The average Bonchev–Trinajstić information content (AvgIpc) is 2.74. The van der Waals surface area contributed by atoms with E-state index in [9.17, 15) is 13.2 Å². The van der Waals surface area contributed by atoms with E-state index in [0.29, 0.717) is 5.56 Å². The van der Waals surface area contributed by atoms with E-state index >= 15 is 0 Å². The molecule has 1 saturated carbocycles. The molecule has 2 N–H and O–H groups in total. The highest BCUT2D eigenvalue weighted by atomic mass is 32.2. The van der Waals surface area contributed by atoms with Gasteiger partial charge in [0.15, 0.2) is 0 Å². The van der Waals surface area contributed by atoms with E-state index in [1.54, 1.807) is 12.1 Å². The smallest absolute Gasteiger partial charge is 0.251 e. The maximum absolute atomic E-state index is 12.7. The fraction of sp³-hybridized carbons (Fsp3) is 0.611. The summed E-state index contributed by atoms with van der Waals surface area (Å²) in [5, 5.41) is 2.81. The minimum absolute atomic E-state index is 0.00118. The number of benzene rings is 1. The number of nitrogens with one attached hydrogen (secondary N) is 2. The fourth-order valence-electron chi connectivity index (χ4n) is 3.04. The van der Waals surface area contributed by atoms with Gasteiger partial charge in [0.2, 0.25) is 10.0 Å². The zero-order valence-corrected chi connectivity index (χ0v) is 15.6. The third-order valence-corrected chi connectivity index (χ3v) is 5.88. The lowest BCUT2D eigenvalue weighted by Gasteiger charge is -2.17. The molecule has 1 fully saturated rings. The molecular weight excluding hydrogens is 324 g/mol. The molecule has 24 heavy (non-hydrogen) atoms. The molecule has 134 valence electrons. The van der Waals surface area contributed by atoms with Crippen LogP contribution in [0.1, 0.15) is 68.3 Å². The Bertz CT molecular complexity index is 676. The molecule has 1 aliphatic carbocycles. The van der Waals surface area contributed by atoms with Crippen LogP contribution in [-0.4, -0.2) is 26.4 Å². The number of hydrogen-bond acceptors (Lipinski definition) is 3. The largest absolute Gasteiger partial charge is 0.350 e. The summed E-state index contributed by atoms with van der Waals surface area (Å²) in [5.41, 5.74) is 1.18. The van der Waals surface area contributed by atoms with Crippen molar-refractivity contribution in [1.29, 1.82) is 0 Å². The van der Waals surface area contributed by atoms with Crippen LogP contribution in [0.25, 0.3) is 0 Å². The number of sulfonamides is 1. The molecule has 0 heterocycles. The first-order chi connectivity index (χ1) is 11.3. The van der Waals surface area contributed by atoms with Crippen LogP contribution in [0.4, 0.5) is 0 Å². The second-order valence-corrected chi connectivity index (χ2v) is 8.63. The lowest BCUT2D eigenvalue weighted by molar-refractivity contribution is 0.0942. The van der Waals surface area contributed by atoms with E-state index < -0.39 is 10.0 Å². The van der Waals surface area contributed by atoms with Crippen molar-refractivity contribution in [3.8, 4) is 0 Å². The number of rotatable bonds is 5. The summed E-state index contributed by atoms with van der Waals surface area (Å²) in [6.07, 6.45) is 6.22. The Morgan fingerprint density at radius 2 is 1.75 bits per heavy atom. The minimum Gasteiger partial charge on any atom is -0.350 e. The molecule has 0 unspecified atom stereocenters. The van der Waals surface area contributed by atoms with Crippen LogP contribution in [0, 0.1) is 6.92 Å². The van der Waals surface area contributed by atoms with Gasteiger partial charge in [-0.1, -0.05) is 31.7 Å². The summed E-state index contributed by atoms with van der Waals surface area (Å²) in [4.78, 5) is 12.4. The van der Waals surface area contributed by atoms with Gasteiger partial charge >= 0.3 is 0 Å². The number of amides is 1. The molecule has 0 bridgehead atoms. The van der Waals surface area contributed by atoms with Crippen LogP contribution >= 0.6 is 0 Å². The summed E-state index contributed by atoms with van der Waals surface area (Å²) < 4.78 is 28.2. The average molecular weight is 353 g/mol. The predicted octanol–water partition coefficient (Wildman–Crippen LogP) is 3.13. The monoisotopic (exact) mass is 352 g/mol. The Kier molecular flexibility index (Phi) is 6.40. The zero-order valence-electron chi connectivity index (χ0n) is 14.8. The van der Waals surface area contributed by atoms with Crippen molar-refractivity contribution in [2.75, 3.05) is 0 Å². The first-order valence-corrected chi connectivity index (χ1v) is 10.2. The van der Waals surface area contributed by atoms with Crippen LogP contribution < -0.4 is 10.0 Å². The zero-order chi connectivity index (χ0) is 17.7. The summed E-state index contributed by atoms with van der Waals surface area (Å²) in [6.45, 7) is 5.56. The lowest BCUT2D eigenvalue weighted by atomic mass is 10.1. The van der Waals surface area contributed by atoms with Crippen molar-refractivity contribution in [3.63, 3.8) is 0 Å². The molecule has 0 aromatic heterocycles. The fourth-order valence-corrected chi connectivity index (χ4v) is 4.37. The van der Waals surface area contributed by atoms with E-state index in [1.807, 2.05) is 20.8 Å². The van der Waals surface area contributed by atoms with Gasteiger partial charge in [-0.05, 0) is 51.3 Å². The molecule has 5 nitrogen and oxygen atoms in total. The second kappa shape index (κ2) is 8.12. The molecule has 0 spiro atoms. The Balaban J connectivity index is 2.21. The van der Waals surface area contributed by atoms with Gasteiger partial charge < -0.3 is 5.32 Å². The topological polar surface area (TPSA) is 75.3 Å². The van der Waals surface area contributed by atoms with Crippen molar-refractivity contribution >= 4 is 15.9 Å². The third kappa shape index (κ3) is 5.05. The molecule has 0 saturated heterocycles. The standard InChI is InChI=1S/C18H28N2O3S/c1-13(2)19-18(21)17-12-16(11-10-14(17)3)24(22,23)20-15-8-6-4-5-7-9-15/h10-13,15,20H,4-9H2,1-3H3,(H,19,21). The molecule has 1 aromatic carbocycles. The number of carbonyl (C=O) groups excluding carboxylic acids is 1. The van der Waals surface area contributed by atoms with Gasteiger partial charge in [-0.2, -0.15) is 0 Å². The van der Waals surface area contributed by atoms with Gasteiger partial charge in [0.25, 0.3) is 5.91 Å². The van der Waals surface area contributed by atoms with Crippen molar-refractivity contribution in [2.45, 2.75) is 76.3 Å². The number of hydrogen-bond donors (Lipinski definition) is 2. The van der Waals surface area contributed by atoms with Gasteiger partial charge in [-0.25, -0.2) is 13.1 Å². The molecule has 0 atom stereocenters. The highest BCUT2D eigenvalue weighted by Gasteiger charge is 2.23. The van der Waals surface area contributed by atoms with Gasteiger partial charge in [0, 0.05) is 17.6 Å². The maximum Gasteiger partial charge on any atom is 0.251 e. The molecule has 2 rings (SSSR count). The maximum atomic E-state index is 12.7. The molecule has 1 aliphatic rings. The molecular formula is C18H28N2O3S. The van der Waals surface area contributed by atoms with E-state index in [2.05, 4.69) is 10.0 Å². The Hall–Kier alpha value is -1.40. The number of aryl methyl sites for hydroxylation is 1. The lowest BCUT2D eigenvalue weighted by Crippen LogP contribution is -2.35. The molecule has 6 heteroatoms. The molecule has 1 amide bonds. The SMILES string of the molecule is Cc1ccc(S(=O)(=O)NC2CCCCCC2)cc1C(=O)NC(C)C. The van der Waals surface area contributed by atoms with E-state index in [0.717, 1.165) is 31.2 Å². The van der Waals surface area contributed by atoms with Crippen molar-refractivity contribution in [3.05, 3.63) is 29.3 Å². The van der Waals surface area contributed by atoms with Crippen molar-refractivity contribution in [2.24, 2.45) is 0 Å². The summed E-state index contributed by atoms with van der Waals surface area (Å²) in [5.74, 6) is -0.242. The Labute approximate surface area is 145 Å². The number of carbonyl (C=O) groups is 1. The highest BCUT2D eigenvalue weighted by Crippen LogP contribution is 2.21. The first-order valence-electron chi connectivity index (χ1n) is 8.73. The quantitative estimate of drug-likeness (QED) is 0.800. The molecule has 0 radical (unpaired) electrons. The van der Waals surface area contributed by atoms with E-state index in [-0.39, 0.29) is 22.9 Å². The van der Waals surface area contributed by atoms with Gasteiger partial charge in [0.05, 0.1) is 4.90 Å². The molecule has 1 aromatic rings. The Morgan fingerprint density at radius 1 is 1.12 bits per heavy atom. The normalized spacial score (nSPS) is 16.8. The van der Waals surface area contributed by atoms with Crippen LogP contribution in [0.2, 0.25) is 0 Å². The predicted molar refractivity (Wildman–Crippen MR) is 95.6 cm³/mol. The third-order valence-electron chi connectivity index (χ3n) is 4.36. The second-order valence-electron chi connectivity index (χ2n) is 6.91. The highest BCUT2D eigenvalue weighted by molar-refractivity contribution is 7.89. The van der Waals surface area contributed by atoms with E-state index in [4.69, 9.17) is 0 Å². The summed E-state index contributed by atoms with van der Waals surface area (Å²) in [6, 6.07) is 4.73. The first kappa shape index (κ1) is 18.9. The summed E-state index contributed by atoms with van der Waals surface area (Å²) in [7, 11) is -3.61. The Morgan fingerprint density at radius 3 is 2.33 bits per heavy atom. The van der Waals surface area contributed by atoms with Crippen LogP contribution in [-0.2, 0) is 10.0 Å². The van der Waals surface area contributed by atoms with Gasteiger partial charge in [0.1, 0.15) is 0 Å². The van der Waals surface area contributed by atoms with Gasteiger partial charge in [-0.3, -0.25) is 4.79 Å². The minimum atomic E-state index is -3.61.